The first-order valence-electron chi connectivity index (χ1n) is 5.46. The van der Waals surface area contributed by atoms with Crippen molar-refractivity contribution < 1.29 is 0 Å². The summed E-state index contributed by atoms with van der Waals surface area (Å²) in [6.45, 7) is 0. The maximum Gasteiger partial charge on any atom is 0.0732 e. The number of nitrogens with one attached hydrogen (secondary N) is 1. The number of hydrogen-bond acceptors (Lipinski definition) is 4. The molecule has 0 amide bonds. The summed E-state index contributed by atoms with van der Waals surface area (Å²) in [6.07, 6.45) is 0. The smallest absolute Gasteiger partial charge is 0.0732 e. The first-order chi connectivity index (χ1) is 8.79. The molecule has 3 rings (SSSR count). The van der Waals surface area contributed by atoms with Crippen molar-refractivity contribution in [3.8, 4) is 0 Å². The molecule has 0 spiro atoms. The Bertz CT molecular complexity index is 674. The van der Waals surface area contributed by atoms with Crippen LogP contribution in [0.1, 0.15) is 17.2 Å². The maximum atomic E-state index is 5.75. The van der Waals surface area contributed by atoms with Gasteiger partial charge in [-0.1, -0.05) is 18.2 Å². The van der Waals surface area contributed by atoms with Gasteiger partial charge in [0.25, 0.3) is 0 Å². The van der Waals surface area contributed by atoms with Gasteiger partial charge in [0.15, 0.2) is 0 Å². The van der Waals surface area contributed by atoms with Crippen molar-refractivity contribution in [2.45, 2.75) is 6.04 Å². The van der Waals surface area contributed by atoms with E-state index in [0.29, 0.717) is 0 Å². The largest absolute Gasteiger partial charge is 0.271 e. The molecule has 1 aromatic carbocycles. The number of hydrogen-bond donors (Lipinski definition) is 2. The molecule has 0 saturated heterocycles. The van der Waals surface area contributed by atoms with Gasteiger partial charge in [-0.25, -0.2) is 5.43 Å². The van der Waals surface area contributed by atoms with Crippen molar-refractivity contribution in [1.29, 1.82) is 0 Å². The summed E-state index contributed by atoms with van der Waals surface area (Å²) >= 11 is 6.93. The van der Waals surface area contributed by atoms with E-state index in [0.717, 1.165) is 3.79 Å². The summed E-state index contributed by atoms with van der Waals surface area (Å²) in [5.74, 6) is 5.75. The molecule has 0 aliphatic rings. The van der Waals surface area contributed by atoms with Crippen LogP contribution in [0.4, 0.5) is 0 Å². The molecule has 3 aromatic rings. The fourth-order valence-electron chi connectivity index (χ4n) is 2.08. The first-order valence-corrected chi connectivity index (χ1v) is 8.01. The highest BCUT2D eigenvalue weighted by Crippen LogP contribution is 2.34. The Kier molecular flexibility index (Phi) is 3.50. The van der Waals surface area contributed by atoms with E-state index < -0.39 is 0 Å². The molecule has 0 aliphatic carbocycles. The molecule has 18 heavy (non-hydrogen) atoms. The van der Waals surface area contributed by atoms with E-state index in [9.17, 15) is 0 Å². The molecule has 92 valence electrons. The SMILES string of the molecule is NNC(c1csc(Br)c1)c1cccc2ccsc12. The highest BCUT2D eigenvalue weighted by Gasteiger charge is 2.16. The van der Waals surface area contributed by atoms with Crippen LogP contribution in [0.2, 0.25) is 0 Å². The van der Waals surface area contributed by atoms with E-state index in [-0.39, 0.29) is 6.04 Å². The number of benzene rings is 1. The third-order valence-corrected chi connectivity index (χ3v) is 5.41. The zero-order chi connectivity index (χ0) is 12.5. The number of thiophene rings is 2. The number of fused-ring (bicyclic) bond motifs is 1. The summed E-state index contributed by atoms with van der Waals surface area (Å²) in [7, 11) is 0. The lowest BCUT2D eigenvalue weighted by Crippen LogP contribution is -2.28. The van der Waals surface area contributed by atoms with E-state index in [1.54, 1.807) is 22.7 Å². The van der Waals surface area contributed by atoms with Crippen LogP contribution < -0.4 is 11.3 Å². The van der Waals surface area contributed by atoms with E-state index in [1.165, 1.54) is 21.2 Å². The van der Waals surface area contributed by atoms with Crippen LogP contribution in [0.5, 0.6) is 0 Å². The average molecular weight is 339 g/mol. The van der Waals surface area contributed by atoms with Gasteiger partial charge in [0.1, 0.15) is 0 Å². The van der Waals surface area contributed by atoms with Crippen LogP contribution in [-0.2, 0) is 0 Å². The Balaban J connectivity index is 2.14. The lowest BCUT2D eigenvalue weighted by Gasteiger charge is -2.16. The molecular weight excluding hydrogens is 328 g/mol. The molecule has 2 aromatic heterocycles. The molecule has 1 unspecified atom stereocenters. The molecule has 3 N–H and O–H groups in total. The summed E-state index contributed by atoms with van der Waals surface area (Å²) in [5.41, 5.74) is 5.34. The topological polar surface area (TPSA) is 38.0 Å². The average Bonchev–Trinajstić information content (AvgIpc) is 2.99. The minimum Gasteiger partial charge on any atom is -0.271 e. The van der Waals surface area contributed by atoms with Gasteiger partial charge in [0.2, 0.25) is 0 Å². The highest BCUT2D eigenvalue weighted by atomic mass is 79.9. The lowest BCUT2D eigenvalue weighted by molar-refractivity contribution is 0.643. The van der Waals surface area contributed by atoms with Crippen LogP contribution in [-0.4, -0.2) is 0 Å². The second-order valence-electron chi connectivity index (χ2n) is 3.97. The van der Waals surface area contributed by atoms with Gasteiger partial charge in [-0.2, -0.15) is 0 Å². The molecule has 0 fully saturated rings. The van der Waals surface area contributed by atoms with Crippen LogP contribution in [0.3, 0.4) is 0 Å². The third kappa shape index (κ3) is 2.13. The van der Waals surface area contributed by atoms with Gasteiger partial charge in [0.05, 0.1) is 9.83 Å². The second kappa shape index (κ2) is 5.11. The van der Waals surface area contributed by atoms with Crippen molar-refractivity contribution >= 4 is 48.7 Å². The third-order valence-electron chi connectivity index (χ3n) is 2.91. The van der Waals surface area contributed by atoms with E-state index in [4.69, 9.17) is 5.84 Å². The van der Waals surface area contributed by atoms with Gasteiger partial charge in [0, 0.05) is 4.70 Å². The van der Waals surface area contributed by atoms with E-state index >= 15 is 0 Å². The van der Waals surface area contributed by atoms with Crippen LogP contribution in [0.25, 0.3) is 10.1 Å². The molecule has 2 nitrogen and oxygen atoms in total. The van der Waals surface area contributed by atoms with Gasteiger partial charge >= 0.3 is 0 Å². The number of rotatable bonds is 3. The number of hydrazine groups is 1. The van der Waals surface area contributed by atoms with Crippen molar-refractivity contribution in [2.75, 3.05) is 0 Å². The van der Waals surface area contributed by atoms with Crippen molar-refractivity contribution in [2.24, 2.45) is 5.84 Å². The van der Waals surface area contributed by atoms with E-state index in [1.807, 2.05) is 0 Å². The summed E-state index contributed by atoms with van der Waals surface area (Å²) in [6, 6.07) is 10.6. The van der Waals surface area contributed by atoms with Gasteiger partial charge in [-0.15, -0.1) is 22.7 Å². The lowest BCUT2D eigenvalue weighted by atomic mass is 10.0. The zero-order valence-corrected chi connectivity index (χ0v) is 12.6. The minimum absolute atomic E-state index is 0.0369. The number of halogens is 1. The summed E-state index contributed by atoms with van der Waals surface area (Å²) in [4.78, 5) is 0. The van der Waals surface area contributed by atoms with Crippen LogP contribution in [0, 0.1) is 0 Å². The monoisotopic (exact) mass is 338 g/mol. The molecule has 0 aliphatic heterocycles. The molecule has 0 saturated carbocycles. The fraction of sp³-hybridized carbons (Fsp3) is 0.0769. The molecule has 2 heterocycles. The normalized spacial score (nSPS) is 13.0. The molecule has 0 radical (unpaired) electrons. The molecule has 5 heteroatoms. The minimum atomic E-state index is 0.0369. The Morgan fingerprint density at radius 1 is 1.22 bits per heavy atom. The summed E-state index contributed by atoms with van der Waals surface area (Å²) in [5, 5.41) is 5.51. The van der Waals surface area contributed by atoms with Crippen molar-refractivity contribution in [3.05, 3.63) is 56.0 Å². The van der Waals surface area contributed by atoms with Gasteiger partial charge in [-0.3, -0.25) is 5.84 Å². The van der Waals surface area contributed by atoms with E-state index in [2.05, 4.69) is 62.4 Å². The Labute approximate surface area is 122 Å². The Hall–Kier alpha value is -0.720. The van der Waals surface area contributed by atoms with Crippen molar-refractivity contribution in [3.63, 3.8) is 0 Å². The quantitative estimate of drug-likeness (QED) is 0.552. The Morgan fingerprint density at radius 3 is 2.83 bits per heavy atom. The molecular formula is C13H11BrN2S2. The first kappa shape index (κ1) is 12.3. The predicted octanol–water partition coefficient (Wildman–Crippen LogP) is 4.28. The summed E-state index contributed by atoms with van der Waals surface area (Å²) < 4.78 is 2.42. The maximum absolute atomic E-state index is 5.75. The highest BCUT2D eigenvalue weighted by molar-refractivity contribution is 9.11. The molecule has 0 bridgehead atoms. The Morgan fingerprint density at radius 2 is 2.11 bits per heavy atom. The number of nitrogens with two attached hydrogens (primary N) is 1. The van der Waals surface area contributed by atoms with Gasteiger partial charge in [-0.05, 0) is 55.3 Å². The van der Waals surface area contributed by atoms with Crippen molar-refractivity contribution in [1.82, 2.24) is 5.43 Å². The standard InChI is InChI=1S/C13H11BrN2S2/c14-11-6-9(7-18-11)12(16-15)10-3-1-2-8-4-5-17-13(8)10/h1-7,12,16H,15H2. The van der Waals surface area contributed by atoms with Gasteiger partial charge < -0.3 is 0 Å². The fourth-order valence-corrected chi connectivity index (χ4v) is 4.23. The zero-order valence-electron chi connectivity index (χ0n) is 9.39. The van der Waals surface area contributed by atoms with Crippen LogP contribution in [0.15, 0.2) is 44.9 Å². The predicted molar refractivity (Wildman–Crippen MR) is 83.0 cm³/mol. The van der Waals surface area contributed by atoms with Crippen LogP contribution >= 0.6 is 38.6 Å². The molecule has 1 atom stereocenters. The second-order valence-corrected chi connectivity index (χ2v) is 7.18.